The summed E-state index contributed by atoms with van der Waals surface area (Å²) in [6.45, 7) is 0. The minimum atomic E-state index is -0.401. The van der Waals surface area contributed by atoms with E-state index in [1.165, 1.54) is 13.1 Å². The standard InChI is InChI=1S/C10H6N2O2/c1-12-9(13)7-4-2-3-6(5-11)8(7)10(12)14/h2-4H,1H3. The van der Waals surface area contributed by atoms with E-state index in [4.69, 9.17) is 5.26 Å². The highest BCUT2D eigenvalue weighted by Gasteiger charge is 2.34. The number of nitriles is 1. The summed E-state index contributed by atoms with van der Waals surface area (Å²) in [6, 6.07) is 6.58. The lowest BCUT2D eigenvalue weighted by Gasteiger charge is -2.02. The van der Waals surface area contributed by atoms with E-state index in [0.29, 0.717) is 5.56 Å². The molecule has 0 radical (unpaired) electrons. The Morgan fingerprint density at radius 3 is 2.64 bits per heavy atom. The highest BCUT2D eigenvalue weighted by atomic mass is 16.2. The molecule has 0 N–H and O–H groups in total. The number of hydrogen-bond acceptors (Lipinski definition) is 3. The minimum Gasteiger partial charge on any atom is -0.277 e. The molecule has 0 atom stereocenters. The van der Waals surface area contributed by atoms with Crippen molar-refractivity contribution >= 4 is 11.8 Å². The summed E-state index contributed by atoms with van der Waals surface area (Å²) in [6.07, 6.45) is 0. The summed E-state index contributed by atoms with van der Waals surface area (Å²) in [5.41, 5.74) is 0.796. The minimum absolute atomic E-state index is 0.225. The third kappa shape index (κ3) is 0.866. The highest BCUT2D eigenvalue weighted by Crippen LogP contribution is 2.24. The molecule has 0 spiro atoms. The molecule has 0 bridgehead atoms. The average Bonchev–Trinajstić information content (AvgIpc) is 2.44. The summed E-state index contributed by atoms with van der Waals surface area (Å²) in [4.78, 5) is 24.0. The quantitative estimate of drug-likeness (QED) is 0.562. The number of carbonyl (C=O) groups excluding carboxylic acids is 2. The third-order valence-electron chi connectivity index (χ3n) is 2.24. The molecule has 0 fully saturated rings. The number of imide groups is 1. The van der Waals surface area contributed by atoms with Gasteiger partial charge in [-0.3, -0.25) is 14.5 Å². The highest BCUT2D eigenvalue weighted by molar-refractivity contribution is 6.22. The molecule has 14 heavy (non-hydrogen) atoms. The predicted molar refractivity (Wildman–Crippen MR) is 47.6 cm³/mol. The molecule has 1 heterocycles. The molecule has 4 nitrogen and oxygen atoms in total. The van der Waals surface area contributed by atoms with E-state index in [9.17, 15) is 9.59 Å². The zero-order valence-electron chi connectivity index (χ0n) is 7.44. The summed E-state index contributed by atoms with van der Waals surface area (Å²) >= 11 is 0. The van der Waals surface area contributed by atoms with Crippen LogP contribution in [0.2, 0.25) is 0 Å². The lowest BCUT2D eigenvalue weighted by Crippen LogP contribution is -2.24. The first-order chi connectivity index (χ1) is 6.66. The number of rotatable bonds is 0. The number of fused-ring (bicyclic) bond motifs is 1. The van der Waals surface area contributed by atoms with E-state index in [0.717, 1.165) is 4.90 Å². The van der Waals surface area contributed by atoms with Gasteiger partial charge in [0.05, 0.1) is 22.8 Å². The van der Waals surface area contributed by atoms with Crippen LogP contribution in [0, 0.1) is 11.3 Å². The van der Waals surface area contributed by atoms with Crippen molar-refractivity contribution in [2.45, 2.75) is 0 Å². The van der Waals surface area contributed by atoms with Crippen LogP contribution in [0.25, 0.3) is 0 Å². The maximum atomic E-state index is 11.5. The number of benzene rings is 1. The van der Waals surface area contributed by atoms with Crippen molar-refractivity contribution in [3.8, 4) is 6.07 Å². The van der Waals surface area contributed by atoms with Crippen molar-refractivity contribution in [2.24, 2.45) is 0 Å². The molecule has 2 amide bonds. The molecule has 1 aliphatic rings. The Morgan fingerprint density at radius 2 is 2.00 bits per heavy atom. The van der Waals surface area contributed by atoms with Gasteiger partial charge in [0, 0.05) is 7.05 Å². The lowest BCUT2D eigenvalue weighted by molar-refractivity contribution is 0.0693. The zero-order chi connectivity index (χ0) is 10.3. The van der Waals surface area contributed by atoms with Gasteiger partial charge in [-0.2, -0.15) is 5.26 Å². The maximum Gasteiger partial charge on any atom is 0.262 e. The Kier molecular flexibility index (Phi) is 1.61. The van der Waals surface area contributed by atoms with Gasteiger partial charge in [-0.1, -0.05) is 6.07 Å². The van der Waals surface area contributed by atoms with Crippen LogP contribution in [0.4, 0.5) is 0 Å². The second-order valence-electron chi connectivity index (χ2n) is 3.01. The van der Waals surface area contributed by atoms with Gasteiger partial charge in [0.25, 0.3) is 11.8 Å². The molecule has 0 saturated heterocycles. The topological polar surface area (TPSA) is 61.2 Å². The van der Waals surface area contributed by atoms with Crippen LogP contribution in [0.5, 0.6) is 0 Å². The number of hydrogen-bond donors (Lipinski definition) is 0. The molecule has 1 aromatic rings. The summed E-state index contributed by atoms with van der Waals surface area (Å²) in [7, 11) is 1.41. The van der Waals surface area contributed by atoms with Crippen molar-refractivity contribution in [3.63, 3.8) is 0 Å². The Labute approximate surface area is 80.4 Å². The Morgan fingerprint density at radius 1 is 1.29 bits per heavy atom. The molecule has 2 rings (SSSR count). The van der Waals surface area contributed by atoms with Crippen molar-refractivity contribution < 1.29 is 9.59 Å². The second kappa shape index (κ2) is 2.67. The van der Waals surface area contributed by atoms with Crippen LogP contribution in [0.1, 0.15) is 26.3 Å². The van der Waals surface area contributed by atoms with Crippen LogP contribution >= 0.6 is 0 Å². The number of carbonyl (C=O) groups is 2. The molecule has 4 heteroatoms. The lowest BCUT2D eigenvalue weighted by atomic mass is 10.0. The van der Waals surface area contributed by atoms with Crippen molar-refractivity contribution in [1.29, 1.82) is 5.26 Å². The zero-order valence-corrected chi connectivity index (χ0v) is 7.44. The van der Waals surface area contributed by atoms with Crippen LogP contribution in [0.3, 0.4) is 0 Å². The van der Waals surface area contributed by atoms with Gasteiger partial charge >= 0.3 is 0 Å². The normalized spacial score (nSPS) is 14.1. The van der Waals surface area contributed by atoms with Gasteiger partial charge in [-0.05, 0) is 12.1 Å². The first-order valence-electron chi connectivity index (χ1n) is 4.02. The first-order valence-corrected chi connectivity index (χ1v) is 4.02. The molecular formula is C10H6N2O2. The molecule has 0 aromatic heterocycles. The van der Waals surface area contributed by atoms with E-state index in [1.54, 1.807) is 12.1 Å². The van der Waals surface area contributed by atoms with Gasteiger partial charge < -0.3 is 0 Å². The number of amides is 2. The van der Waals surface area contributed by atoms with E-state index in [1.807, 2.05) is 6.07 Å². The van der Waals surface area contributed by atoms with E-state index < -0.39 is 5.91 Å². The number of nitrogens with zero attached hydrogens (tertiary/aromatic N) is 2. The maximum absolute atomic E-state index is 11.5. The fourth-order valence-electron chi connectivity index (χ4n) is 1.49. The molecular weight excluding hydrogens is 180 g/mol. The Hall–Kier alpha value is -2.15. The first kappa shape index (κ1) is 8.45. The van der Waals surface area contributed by atoms with Gasteiger partial charge in [-0.15, -0.1) is 0 Å². The molecule has 0 saturated carbocycles. The summed E-state index contributed by atoms with van der Waals surface area (Å²) < 4.78 is 0. The van der Waals surface area contributed by atoms with Crippen molar-refractivity contribution in [2.75, 3.05) is 7.05 Å². The van der Waals surface area contributed by atoms with Gasteiger partial charge in [0.2, 0.25) is 0 Å². The van der Waals surface area contributed by atoms with E-state index >= 15 is 0 Å². The summed E-state index contributed by atoms with van der Waals surface area (Å²) in [5, 5.41) is 8.76. The van der Waals surface area contributed by atoms with E-state index in [2.05, 4.69) is 0 Å². The molecule has 1 aliphatic heterocycles. The second-order valence-corrected chi connectivity index (χ2v) is 3.01. The smallest absolute Gasteiger partial charge is 0.262 e. The molecule has 1 aromatic carbocycles. The van der Waals surface area contributed by atoms with Gasteiger partial charge in [-0.25, -0.2) is 0 Å². The van der Waals surface area contributed by atoms with E-state index in [-0.39, 0.29) is 17.0 Å². The molecule has 0 aliphatic carbocycles. The SMILES string of the molecule is CN1C(=O)c2cccc(C#N)c2C1=O. The van der Waals surface area contributed by atoms with Crippen molar-refractivity contribution in [3.05, 3.63) is 34.9 Å². The van der Waals surface area contributed by atoms with Crippen LogP contribution < -0.4 is 0 Å². The third-order valence-corrected chi connectivity index (χ3v) is 2.24. The van der Waals surface area contributed by atoms with Crippen molar-refractivity contribution in [1.82, 2.24) is 4.90 Å². The molecule has 0 unspecified atom stereocenters. The summed E-state index contributed by atoms with van der Waals surface area (Å²) in [5.74, 6) is -0.746. The fraction of sp³-hybridized carbons (Fsp3) is 0.100. The monoisotopic (exact) mass is 186 g/mol. The largest absolute Gasteiger partial charge is 0.277 e. The van der Waals surface area contributed by atoms with Gasteiger partial charge in [0.15, 0.2) is 0 Å². The van der Waals surface area contributed by atoms with Crippen LogP contribution in [0.15, 0.2) is 18.2 Å². The van der Waals surface area contributed by atoms with Crippen LogP contribution in [-0.4, -0.2) is 23.8 Å². The Balaban J connectivity index is 2.77. The Bertz CT molecular complexity index is 485. The van der Waals surface area contributed by atoms with Crippen LogP contribution in [-0.2, 0) is 0 Å². The average molecular weight is 186 g/mol. The van der Waals surface area contributed by atoms with Gasteiger partial charge in [0.1, 0.15) is 0 Å². The molecule has 68 valence electrons. The predicted octanol–water partition coefficient (Wildman–Crippen LogP) is 0.784. The fourth-order valence-corrected chi connectivity index (χ4v) is 1.49.